The molecule has 1 aliphatic heterocycles. The van der Waals surface area contributed by atoms with Crippen LogP contribution in [0.3, 0.4) is 0 Å². The van der Waals surface area contributed by atoms with Gasteiger partial charge in [-0.05, 0) is 97.7 Å². The van der Waals surface area contributed by atoms with Crippen LogP contribution >= 0.6 is 0 Å². The Morgan fingerprint density at radius 2 is 1.12 bits per heavy atom. The lowest BCUT2D eigenvalue weighted by molar-refractivity contribution is 0.472. The van der Waals surface area contributed by atoms with E-state index < -0.39 is 0 Å². The summed E-state index contributed by atoms with van der Waals surface area (Å²) in [7, 11) is 2.04. The van der Waals surface area contributed by atoms with E-state index in [0.29, 0.717) is 0 Å². The van der Waals surface area contributed by atoms with Crippen LogP contribution in [0.2, 0.25) is 0 Å². The second-order valence-electron chi connectivity index (χ2n) is 12.5. The Labute approximate surface area is 283 Å². The highest BCUT2D eigenvalue weighted by molar-refractivity contribution is 5.84. The number of hydrogen-bond acceptors (Lipinski definition) is 2. The summed E-state index contributed by atoms with van der Waals surface area (Å²) < 4.78 is 6.82. The lowest BCUT2D eigenvalue weighted by Crippen LogP contribution is -2.14. The second kappa shape index (κ2) is 13.2. The van der Waals surface area contributed by atoms with E-state index in [1.165, 1.54) is 55.3 Å². The maximum Gasteiger partial charge on any atom is 0.131 e. The molecule has 1 atom stereocenters. The highest BCUT2D eigenvalue weighted by atomic mass is 16.5. The minimum absolute atomic E-state index is 0.0161. The average molecular weight is 620 g/mol. The summed E-state index contributed by atoms with van der Waals surface area (Å²) in [5.41, 5.74) is 12.2. The number of nitrogens with one attached hydrogen (secondary N) is 1. The zero-order valence-corrected chi connectivity index (χ0v) is 27.1. The number of hydrogen-bond donors (Lipinski definition) is 1. The van der Waals surface area contributed by atoms with Gasteiger partial charge in [-0.2, -0.15) is 0 Å². The first-order chi connectivity index (χ1) is 23.7. The second-order valence-corrected chi connectivity index (χ2v) is 12.5. The zero-order valence-electron chi connectivity index (χ0n) is 27.1. The summed E-state index contributed by atoms with van der Waals surface area (Å²) in [4.78, 5) is 0. The van der Waals surface area contributed by atoms with E-state index in [1.54, 1.807) is 0 Å². The molecule has 7 aromatic carbocycles. The highest BCUT2D eigenvalue weighted by Crippen LogP contribution is 2.39. The van der Waals surface area contributed by atoms with E-state index >= 15 is 0 Å². The van der Waals surface area contributed by atoms with Crippen molar-refractivity contribution in [1.82, 2.24) is 5.32 Å². The molecule has 0 spiro atoms. The lowest BCUT2D eigenvalue weighted by atomic mass is 9.88. The van der Waals surface area contributed by atoms with Crippen molar-refractivity contribution in [2.24, 2.45) is 0 Å². The molecule has 0 fully saturated rings. The van der Waals surface area contributed by atoms with Crippen molar-refractivity contribution in [3.63, 3.8) is 0 Å². The van der Waals surface area contributed by atoms with Crippen molar-refractivity contribution in [1.29, 1.82) is 0 Å². The molecule has 0 aliphatic carbocycles. The normalized spacial score (nSPS) is 13.2. The Kier molecular flexibility index (Phi) is 8.16. The van der Waals surface area contributed by atoms with Gasteiger partial charge in [0.05, 0.1) is 6.04 Å². The Bertz CT molecular complexity index is 2270. The fourth-order valence-corrected chi connectivity index (χ4v) is 7.03. The molecule has 48 heavy (non-hydrogen) atoms. The Balaban J connectivity index is 1.29. The van der Waals surface area contributed by atoms with Crippen LogP contribution in [-0.2, 0) is 12.8 Å². The molecule has 0 aromatic heterocycles. The standard InChI is InChI=1S/C46H37NO/c1-47-44(38-24-23-32-13-5-6-16-34(32)27-38)31-43(33-14-3-2-4-15-33)37-25-26-46-40(30-37)29-36-18-8-11-21-42(36)41-20-10-7-17-35(41)28-39-19-9-12-22-45(39)48-46/h2-27,30-31,44,47H,28-29H2,1H3/b43-31+. The Morgan fingerprint density at radius 3 is 1.88 bits per heavy atom. The van der Waals surface area contributed by atoms with E-state index in [-0.39, 0.29) is 6.04 Å². The first-order valence-electron chi connectivity index (χ1n) is 16.7. The zero-order chi connectivity index (χ0) is 32.3. The van der Waals surface area contributed by atoms with E-state index in [9.17, 15) is 0 Å². The van der Waals surface area contributed by atoms with Crippen LogP contribution in [0.15, 0.2) is 170 Å². The summed E-state index contributed by atoms with van der Waals surface area (Å²) in [6.07, 6.45) is 3.92. The number of fused-ring (bicyclic) bond motifs is 6. The number of para-hydroxylation sites is 1. The molecule has 0 saturated carbocycles. The topological polar surface area (TPSA) is 21.3 Å². The first-order valence-corrected chi connectivity index (χ1v) is 16.7. The van der Waals surface area contributed by atoms with Crippen LogP contribution in [0.4, 0.5) is 0 Å². The molecule has 0 radical (unpaired) electrons. The maximum atomic E-state index is 6.82. The molecule has 2 nitrogen and oxygen atoms in total. The van der Waals surface area contributed by atoms with Gasteiger partial charge >= 0.3 is 0 Å². The fraction of sp³-hybridized carbons (Fsp3) is 0.0870. The minimum Gasteiger partial charge on any atom is -0.457 e. The van der Waals surface area contributed by atoms with Gasteiger partial charge in [0.2, 0.25) is 0 Å². The number of likely N-dealkylation sites (N-methyl/N-ethyl adjacent to an activating group) is 1. The Hall–Kier alpha value is -5.70. The third-order valence-corrected chi connectivity index (χ3v) is 9.51. The van der Waals surface area contributed by atoms with Gasteiger partial charge in [-0.25, -0.2) is 0 Å². The van der Waals surface area contributed by atoms with Gasteiger partial charge < -0.3 is 10.1 Å². The molecule has 1 aliphatic rings. The van der Waals surface area contributed by atoms with Gasteiger partial charge in [-0.15, -0.1) is 0 Å². The molecule has 232 valence electrons. The fourth-order valence-electron chi connectivity index (χ4n) is 7.03. The largest absolute Gasteiger partial charge is 0.457 e. The SMILES string of the molecule is CNC(/C=C(\c1ccccc1)c1ccc2c(c1)Cc1ccccc1-c1ccccc1Cc1ccccc1O2)c1ccc2ccccc2c1. The maximum absolute atomic E-state index is 6.82. The Morgan fingerprint density at radius 1 is 0.521 bits per heavy atom. The quantitative estimate of drug-likeness (QED) is 0.207. The van der Waals surface area contributed by atoms with Gasteiger partial charge in [0.1, 0.15) is 11.5 Å². The molecule has 2 heteroatoms. The van der Waals surface area contributed by atoms with Crippen molar-refractivity contribution in [3.05, 3.63) is 209 Å². The molecule has 1 unspecified atom stereocenters. The van der Waals surface area contributed by atoms with Crippen LogP contribution in [0.1, 0.15) is 45.0 Å². The van der Waals surface area contributed by atoms with E-state index in [4.69, 9.17) is 4.74 Å². The van der Waals surface area contributed by atoms with E-state index in [0.717, 1.165) is 35.5 Å². The summed E-state index contributed by atoms with van der Waals surface area (Å²) in [6, 6.07) is 58.8. The number of rotatable bonds is 5. The van der Waals surface area contributed by atoms with Crippen LogP contribution < -0.4 is 10.1 Å². The molecule has 0 amide bonds. The van der Waals surface area contributed by atoms with Crippen molar-refractivity contribution < 1.29 is 4.74 Å². The van der Waals surface area contributed by atoms with E-state index in [2.05, 4.69) is 175 Å². The molecule has 8 rings (SSSR count). The third-order valence-electron chi connectivity index (χ3n) is 9.51. The molecular formula is C46H37NO. The van der Waals surface area contributed by atoms with Crippen LogP contribution in [0, 0.1) is 0 Å². The molecular weight excluding hydrogens is 583 g/mol. The lowest BCUT2D eigenvalue weighted by Gasteiger charge is -2.19. The highest BCUT2D eigenvalue weighted by Gasteiger charge is 2.19. The van der Waals surface area contributed by atoms with Crippen LogP contribution in [0.5, 0.6) is 11.5 Å². The molecule has 1 heterocycles. The average Bonchev–Trinajstić information content (AvgIpc) is 3.16. The minimum atomic E-state index is 0.0161. The summed E-state index contributed by atoms with van der Waals surface area (Å²) in [5.74, 6) is 1.79. The summed E-state index contributed by atoms with van der Waals surface area (Å²) >= 11 is 0. The summed E-state index contributed by atoms with van der Waals surface area (Å²) in [5, 5.41) is 6.08. The van der Waals surface area contributed by atoms with Gasteiger partial charge in [0.15, 0.2) is 0 Å². The predicted octanol–water partition coefficient (Wildman–Crippen LogP) is 11.2. The monoisotopic (exact) mass is 619 g/mol. The van der Waals surface area contributed by atoms with Crippen molar-refractivity contribution in [2.45, 2.75) is 18.9 Å². The first kappa shape index (κ1) is 29.7. The van der Waals surface area contributed by atoms with E-state index in [1.807, 2.05) is 7.05 Å². The van der Waals surface area contributed by atoms with Gasteiger partial charge in [-0.3, -0.25) is 0 Å². The molecule has 0 saturated heterocycles. The smallest absolute Gasteiger partial charge is 0.131 e. The number of ether oxygens (including phenoxy) is 1. The van der Waals surface area contributed by atoms with Gasteiger partial charge in [0, 0.05) is 12.8 Å². The third kappa shape index (κ3) is 5.95. The predicted molar refractivity (Wildman–Crippen MR) is 200 cm³/mol. The molecule has 7 aromatic rings. The van der Waals surface area contributed by atoms with Crippen LogP contribution in [-0.4, -0.2) is 7.05 Å². The van der Waals surface area contributed by atoms with Crippen molar-refractivity contribution in [2.75, 3.05) is 7.05 Å². The molecule has 1 N–H and O–H groups in total. The van der Waals surface area contributed by atoms with Gasteiger partial charge in [0.25, 0.3) is 0 Å². The number of benzene rings is 7. The summed E-state index contributed by atoms with van der Waals surface area (Å²) in [6.45, 7) is 0. The molecule has 0 bridgehead atoms. The van der Waals surface area contributed by atoms with Crippen molar-refractivity contribution >= 4 is 16.3 Å². The van der Waals surface area contributed by atoms with Crippen LogP contribution in [0.25, 0.3) is 27.5 Å². The van der Waals surface area contributed by atoms with Crippen molar-refractivity contribution in [3.8, 4) is 22.6 Å². The van der Waals surface area contributed by atoms with Gasteiger partial charge in [-0.1, -0.05) is 146 Å².